The van der Waals surface area contributed by atoms with Gasteiger partial charge in [-0.05, 0) is 6.92 Å². The summed E-state index contributed by atoms with van der Waals surface area (Å²) < 4.78 is 17.9. The number of fused-ring (bicyclic) bond motifs is 4. The van der Waals surface area contributed by atoms with Crippen molar-refractivity contribution in [2.24, 2.45) is 0 Å². The number of aromatic nitrogens is 2. The molecule has 2 aliphatic rings. The van der Waals surface area contributed by atoms with E-state index in [1.165, 1.54) is 7.11 Å². The molecule has 1 aromatic heterocycles. The first-order valence-electron chi connectivity index (χ1n) is 5.70. The summed E-state index contributed by atoms with van der Waals surface area (Å²) in [5.74, 6) is 0. The molecule has 1 aromatic rings. The molecule has 3 rings (SSSR count). The van der Waals surface area contributed by atoms with Crippen molar-refractivity contribution < 1.29 is 19.3 Å². The second kappa shape index (κ2) is 4.04. The molecular weight excluding hydrogens is 240 g/mol. The van der Waals surface area contributed by atoms with Crippen LogP contribution in [0.1, 0.15) is 11.8 Å². The maximum absolute atomic E-state index is 11.5. The van der Waals surface area contributed by atoms with Crippen molar-refractivity contribution in [3.8, 4) is 6.01 Å². The molecule has 0 aliphatic carbocycles. The smallest absolute Gasteiger partial charge is 0.302 e. The molecule has 1 saturated heterocycles. The van der Waals surface area contributed by atoms with Gasteiger partial charge in [0.05, 0.1) is 0 Å². The van der Waals surface area contributed by atoms with Crippen LogP contribution in [0.3, 0.4) is 0 Å². The first kappa shape index (κ1) is 11.6. The van der Waals surface area contributed by atoms with Crippen molar-refractivity contribution >= 4 is 0 Å². The van der Waals surface area contributed by atoms with Crippen LogP contribution in [0.5, 0.6) is 6.01 Å². The first-order chi connectivity index (χ1) is 8.61. The van der Waals surface area contributed by atoms with Crippen LogP contribution in [0.15, 0.2) is 11.0 Å². The van der Waals surface area contributed by atoms with Crippen molar-refractivity contribution in [3.05, 3.63) is 22.1 Å². The molecule has 2 bridgehead atoms. The number of aliphatic hydroxyl groups excluding tert-OH is 1. The topological polar surface area (TPSA) is 82.8 Å². The maximum atomic E-state index is 11.5. The molecule has 1 N–H and O–H groups in total. The van der Waals surface area contributed by atoms with Crippen molar-refractivity contribution in [1.29, 1.82) is 0 Å². The molecule has 0 saturated carbocycles. The summed E-state index contributed by atoms with van der Waals surface area (Å²) >= 11 is 0. The van der Waals surface area contributed by atoms with Gasteiger partial charge < -0.3 is 19.3 Å². The normalized spacial score (nSPS) is 33.7. The van der Waals surface area contributed by atoms with Gasteiger partial charge in [-0.1, -0.05) is 0 Å². The zero-order valence-electron chi connectivity index (χ0n) is 10.1. The number of rotatable bonds is 1. The number of hydrogen-bond acceptors (Lipinski definition) is 6. The minimum absolute atomic E-state index is 0.146. The van der Waals surface area contributed by atoms with Gasteiger partial charge in [-0.2, -0.15) is 4.98 Å². The Kier molecular flexibility index (Phi) is 2.61. The maximum Gasteiger partial charge on any atom is 0.302 e. The van der Waals surface area contributed by atoms with E-state index in [4.69, 9.17) is 14.2 Å². The van der Waals surface area contributed by atoms with E-state index in [0.717, 1.165) is 0 Å². The lowest BCUT2D eigenvalue weighted by molar-refractivity contribution is -0.0473. The van der Waals surface area contributed by atoms with Crippen LogP contribution >= 0.6 is 0 Å². The van der Waals surface area contributed by atoms with Crippen LogP contribution in [0.2, 0.25) is 0 Å². The van der Waals surface area contributed by atoms with Crippen LogP contribution in [0.25, 0.3) is 0 Å². The minimum Gasteiger partial charge on any atom is -0.462 e. The summed E-state index contributed by atoms with van der Waals surface area (Å²) in [5, 5.41) is 10.0. The fraction of sp³-hybridized carbons (Fsp3) is 0.636. The lowest BCUT2D eigenvalue weighted by Crippen LogP contribution is -2.38. The Balaban J connectivity index is 2.11. The molecule has 0 amide bonds. The molecule has 7 heteroatoms. The number of hydrogen-bond donors (Lipinski definition) is 1. The standard InChI is InChI=1S/C11H14N2O5/c1-5-3-13-10-8(16-2)7(14)6(18-10)4-17-11(13)12-9(5)15/h3,6-8,10,14H,4H2,1-2H3/t6-,7-,8-,10-/m1/s1. The molecule has 4 atom stereocenters. The third-order valence-corrected chi connectivity index (χ3v) is 3.32. The van der Waals surface area contributed by atoms with Crippen molar-refractivity contribution in [2.75, 3.05) is 13.7 Å². The number of ether oxygens (including phenoxy) is 3. The molecule has 1 fully saturated rings. The van der Waals surface area contributed by atoms with Crippen LogP contribution in [0.4, 0.5) is 0 Å². The van der Waals surface area contributed by atoms with Gasteiger partial charge in [-0.3, -0.25) is 9.36 Å². The molecule has 2 aliphatic heterocycles. The van der Waals surface area contributed by atoms with E-state index >= 15 is 0 Å². The molecule has 0 aromatic carbocycles. The lowest BCUT2D eigenvalue weighted by Gasteiger charge is -2.24. The van der Waals surface area contributed by atoms with Crippen LogP contribution in [-0.4, -0.2) is 46.7 Å². The number of methoxy groups -OCH3 is 1. The van der Waals surface area contributed by atoms with E-state index < -0.39 is 24.5 Å². The minimum atomic E-state index is -0.757. The highest BCUT2D eigenvalue weighted by atomic mass is 16.6. The molecule has 0 radical (unpaired) electrons. The molecule has 3 heterocycles. The highest BCUT2D eigenvalue weighted by molar-refractivity contribution is 5.12. The zero-order chi connectivity index (χ0) is 12.9. The van der Waals surface area contributed by atoms with E-state index in [0.29, 0.717) is 5.56 Å². The third-order valence-electron chi connectivity index (χ3n) is 3.32. The second-order valence-electron chi connectivity index (χ2n) is 4.49. The Hall–Kier alpha value is -1.44. The van der Waals surface area contributed by atoms with Gasteiger partial charge in [0.15, 0.2) is 6.23 Å². The molecular formula is C11H14N2O5. The molecule has 18 heavy (non-hydrogen) atoms. The summed E-state index contributed by atoms with van der Waals surface area (Å²) in [7, 11) is 1.51. The average Bonchev–Trinajstić information content (AvgIpc) is 2.55. The van der Waals surface area contributed by atoms with Gasteiger partial charge in [0.25, 0.3) is 5.56 Å². The fourth-order valence-corrected chi connectivity index (χ4v) is 2.33. The van der Waals surface area contributed by atoms with Gasteiger partial charge >= 0.3 is 6.01 Å². The van der Waals surface area contributed by atoms with Crippen LogP contribution in [0, 0.1) is 6.92 Å². The van der Waals surface area contributed by atoms with Gasteiger partial charge in [-0.15, -0.1) is 0 Å². The zero-order valence-corrected chi connectivity index (χ0v) is 10.1. The van der Waals surface area contributed by atoms with Crippen molar-refractivity contribution in [1.82, 2.24) is 9.55 Å². The van der Waals surface area contributed by atoms with Gasteiger partial charge in [0.2, 0.25) is 0 Å². The Morgan fingerprint density at radius 3 is 3.11 bits per heavy atom. The van der Waals surface area contributed by atoms with Gasteiger partial charge in [0.1, 0.15) is 24.9 Å². The predicted molar refractivity (Wildman–Crippen MR) is 59.4 cm³/mol. The molecule has 0 unspecified atom stereocenters. The number of aryl methyl sites for hydroxylation is 1. The Morgan fingerprint density at radius 1 is 1.61 bits per heavy atom. The summed E-state index contributed by atoms with van der Waals surface area (Å²) in [6, 6.07) is 0.201. The Labute approximate surface area is 103 Å². The van der Waals surface area contributed by atoms with E-state index in [9.17, 15) is 9.90 Å². The average molecular weight is 254 g/mol. The second-order valence-corrected chi connectivity index (χ2v) is 4.49. The SMILES string of the molecule is CO[C@@H]1[C@H](O)[C@H]2COc3nc(=O)c(C)cn3[C@@H]1O2. The van der Waals surface area contributed by atoms with E-state index in [1.807, 2.05) is 0 Å². The van der Waals surface area contributed by atoms with Gasteiger partial charge in [-0.25, -0.2) is 0 Å². The monoisotopic (exact) mass is 254 g/mol. The lowest BCUT2D eigenvalue weighted by atomic mass is 10.1. The fourth-order valence-electron chi connectivity index (χ4n) is 2.33. The predicted octanol–water partition coefficient (Wildman–Crippen LogP) is -0.783. The highest BCUT2D eigenvalue weighted by Crippen LogP contribution is 2.35. The first-order valence-corrected chi connectivity index (χ1v) is 5.70. The highest BCUT2D eigenvalue weighted by Gasteiger charge is 2.48. The van der Waals surface area contributed by atoms with E-state index in [2.05, 4.69) is 4.98 Å². The van der Waals surface area contributed by atoms with Crippen LogP contribution in [-0.2, 0) is 9.47 Å². The van der Waals surface area contributed by atoms with Gasteiger partial charge in [0, 0.05) is 18.9 Å². The molecule has 98 valence electrons. The molecule has 0 spiro atoms. The summed E-state index contributed by atoms with van der Waals surface area (Å²) in [6.45, 7) is 1.81. The third kappa shape index (κ3) is 1.55. The quantitative estimate of drug-likeness (QED) is 0.707. The summed E-state index contributed by atoms with van der Waals surface area (Å²) in [5.41, 5.74) is 0.161. The summed E-state index contributed by atoms with van der Waals surface area (Å²) in [6.07, 6.45) is -0.646. The largest absolute Gasteiger partial charge is 0.462 e. The van der Waals surface area contributed by atoms with Crippen LogP contribution < -0.4 is 10.3 Å². The Morgan fingerprint density at radius 2 is 2.39 bits per heavy atom. The number of nitrogens with zero attached hydrogens (tertiary/aromatic N) is 2. The summed E-state index contributed by atoms with van der Waals surface area (Å²) in [4.78, 5) is 15.4. The number of aliphatic hydroxyl groups is 1. The van der Waals surface area contributed by atoms with Crippen molar-refractivity contribution in [3.63, 3.8) is 0 Å². The van der Waals surface area contributed by atoms with E-state index in [1.54, 1.807) is 17.7 Å². The van der Waals surface area contributed by atoms with E-state index in [-0.39, 0.29) is 18.2 Å². The van der Waals surface area contributed by atoms with Crippen molar-refractivity contribution in [2.45, 2.75) is 31.5 Å². The molecule has 7 nitrogen and oxygen atoms in total. The Bertz CT molecular complexity index is 529.